The molecule has 0 heterocycles. The minimum Gasteiger partial charge on any atom is -0.391 e. The molecular weight excluding hydrogens is 148 g/mol. The van der Waals surface area contributed by atoms with Gasteiger partial charge in [0.05, 0.1) is 12.7 Å². The molecule has 4 heteroatoms. The van der Waals surface area contributed by atoms with Gasteiger partial charge in [0, 0.05) is 0 Å². The van der Waals surface area contributed by atoms with Crippen LogP contribution in [0.1, 0.15) is 20.3 Å². The van der Waals surface area contributed by atoms with Crippen molar-refractivity contribution in [2.75, 3.05) is 6.61 Å². The summed E-state index contributed by atoms with van der Waals surface area (Å²) in [5.41, 5.74) is 0. The summed E-state index contributed by atoms with van der Waals surface area (Å²) in [5.74, 6) is 0. The number of aliphatic hydroxyl groups excluding tert-OH is 2. The van der Waals surface area contributed by atoms with E-state index in [1.54, 1.807) is 13.8 Å². The first-order valence-electron chi connectivity index (χ1n) is 3.73. The Hall–Kier alpha value is -0.160. The highest BCUT2D eigenvalue weighted by Crippen LogP contribution is 2.02. The van der Waals surface area contributed by atoms with E-state index in [9.17, 15) is 0 Å². The van der Waals surface area contributed by atoms with E-state index in [1.807, 2.05) is 0 Å². The van der Waals surface area contributed by atoms with Gasteiger partial charge in [-0.15, -0.1) is 0 Å². The second kappa shape index (κ2) is 5.49. The summed E-state index contributed by atoms with van der Waals surface area (Å²) >= 11 is 0. The van der Waals surface area contributed by atoms with Gasteiger partial charge in [0.15, 0.2) is 6.29 Å². The third kappa shape index (κ3) is 5.15. The maximum Gasteiger partial charge on any atom is 0.178 e. The van der Waals surface area contributed by atoms with Crippen LogP contribution in [0.15, 0.2) is 0 Å². The van der Waals surface area contributed by atoms with Gasteiger partial charge >= 0.3 is 0 Å². The maximum absolute atomic E-state index is 8.79. The molecule has 0 aromatic rings. The maximum atomic E-state index is 8.79. The topological polar surface area (TPSA) is 69.9 Å². The first kappa shape index (κ1) is 10.8. The number of hydrogen-bond donors (Lipinski definition) is 3. The normalized spacial score (nSPS) is 16.9. The van der Waals surface area contributed by atoms with Crippen molar-refractivity contribution in [3.63, 3.8) is 0 Å². The van der Waals surface area contributed by atoms with Crippen LogP contribution in [0.5, 0.6) is 0 Å². The predicted molar refractivity (Wildman–Crippen MR) is 39.9 cm³/mol. The minimum atomic E-state index is -1.46. The minimum absolute atomic E-state index is 0.135. The Bertz CT molecular complexity index is 92.4. The van der Waals surface area contributed by atoms with Crippen LogP contribution in [-0.4, -0.2) is 40.4 Å². The SMILES string of the molecule is CCC(OCC(C)O)C(O)O. The molecule has 0 rings (SSSR count). The molecule has 0 amide bonds. The van der Waals surface area contributed by atoms with Gasteiger partial charge in [-0.3, -0.25) is 0 Å². The predicted octanol–water partition coefficient (Wildman–Crippen LogP) is -0.527. The van der Waals surface area contributed by atoms with E-state index in [4.69, 9.17) is 20.1 Å². The summed E-state index contributed by atoms with van der Waals surface area (Å²) in [4.78, 5) is 0. The molecule has 0 aliphatic carbocycles. The molecule has 0 saturated carbocycles. The van der Waals surface area contributed by atoms with Crippen LogP contribution in [0.2, 0.25) is 0 Å². The lowest BCUT2D eigenvalue weighted by Gasteiger charge is -2.18. The van der Waals surface area contributed by atoms with E-state index >= 15 is 0 Å². The second-order valence-electron chi connectivity index (χ2n) is 2.54. The second-order valence-corrected chi connectivity index (χ2v) is 2.54. The summed E-state index contributed by atoms with van der Waals surface area (Å²) in [6.07, 6.45) is -2.10. The third-order valence-electron chi connectivity index (χ3n) is 1.29. The number of ether oxygens (including phenoxy) is 1. The molecule has 0 saturated heterocycles. The summed E-state index contributed by atoms with van der Waals surface area (Å²) in [5, 5.41) is 26.1. The quantitative estimate of drug-likeness (QED) is 0.478. The van der Waals surface area contributed by atoms with Gasteiger partial charge in [-0.25, -0.2) is 0 Å². The molecule has 0 bridgehead atoms. The van der Waals surface area contributed by atoms with Crippen molar-refractivity contribution in [2.45, 2.75) is 38.8 Å². The molecule has 0 aliphatic rings. The average molecular weight is 164 g/mol. The molecule has 4 nitrogen and oxygen atoms in total. The average Bonchev–Trinajstić information content (AvgIpc) is 1.87. The van der Waals surface area contributed by atoms with Crippen LogP contribution in [0, 0.1) is 0 Å². The fourth-order valence-electron chi connectivity index (χ4n) is 0.678. The Kier molecular flexibility index (Phi) is 5.41. The van der Waals surface area contributed by atoms with E-state index in [-0.39, 0.29) is 6.61 Å². The molecule has 0 aliphatic heterocycles. The molecule has 2 unspecified atom stereocenters. The molecular formula is C7H16O4. The summed E-state index contributed by atoms with van der Waals surface area (Å²) in [6, 6.07) is 0. The zero-order chi connectivity index (χ0) is 8.85. The van der Waals surface area contributed by atoms with Gasteiger partial charge in [-0.1, -0.05) is 6.92 Å². The van der Waals surface area contributed by atoms with Crippen LogP contribution in [0.3, 0.4) is 0 Å². The van der Waals surface area contributed by atoms with Gasteiger partial charge in [0.25, 0.3) is 0 Å². The van der Waals surface area contributed by atoms with Gasteiger partial charge in [-0.2, -0.15) is 0 Å². The monoisotopic (exact) mass is 164 g/mol. The molecule has 0 spiro atoms. The highest BCUT2D eigenvalue weighted by molar-refractivity contribution is 4.57. The summed E-state index contributed by atoms with van der Waals surface area (Å²) in [6.45, 7) is 3.50. The Morgan fingerprint density at radius 2 is 1.82 bits per heavy atom. The van der Waals surface area contributed by atoms with Crippen LogP contribution < -0.4 is 0 Å². The zero-order valence-corrected chi connectivity index (χ0v) is 6.90. The lowest BCUT2D eigenvalue weighted by Crippen LogP contribution is -2.30. The fourth-order valence-corrected chi connectivity index (χ4v) is 0.678. The highest BCUT2D eigenvalue weighted by atomic mass is 16.6. The molecule has 11 heavy (non-hydrogen) atoms. The van der Waals surface area contributed by atoms with Gasteiger partial charge in [0.1, 0.15) is 6.10 Å². The summed E-state index contributed by atoms with van der Waals surface area (Å²) < 4.78 is 4.96. The van der Waals surface area contributed by atoms with Gasteiger partial charge in [0.2, 0.25) is 0 Å². The van der Waals surface area contributed by atoms with Crippen LogP contribution in [0.4, 0.5) is 0 Å². The Balaban J connectivity index is 3.52. The van der Waals surface area contributed by atoms with E-state index in [1.165, 1.54) is 0 Å². The Morgan fingerprint density at radius 1 is 1.27 bits per heavy atom. The number of hydrogen-bond acceptors (Lipinski definition) is 4. The van der Waals surface area contributed by atoms with E-state index in [0.717, 1.165) is 0 Å². The molecule has 0 aromatic carbocycles. The van der Waals surface area contributed by atoms with Crippen molar-refractivity contribution in [1.82, 2.24) is 0 Å². The van der Waals surface area contributed by atoms with Crippen LogP contribution in [0.25, 0.3) is 0 Å². The molecule has 68 valence electrons. The lowest BCUT2D eigenvalue weighted by molar-refractivity contribution is -0.154. The van der Waals surface area contributed by atoms with Crippen LogP contribution >= 0.6 is 0 Å². The van der Waals surface area contributed by atoms with E-state index in [2.05, 4.69) is 0 Å². The highest BCUT2D eigenvalue weighted by Gasteiger charge is 2.14. The Morgan fingerprint density at radius 3 is 2.09 bits per heavy atom. The number of rotatable bonds is 5. The smallest absolute Gasteiger partial charge is 0.178 e. The zero-order valence-electron chi connectivity index (χ0n) is 6.90. The van der Waals surface area contributed by atoms with E-state index < -0.39 is 18.5 Å². The molecule has 0 radical (unpaired) electrons. The van der Waals surface area contributed by atoms with Crippen molar-refractivity contribution in [1.29, 1.82) is 0 Å². The Labute approximate surface area is 66.4 Å². The first-order valence-corrected chi connectivity index (χ1v) is 3.73. The van der Waals surface area contributed by atoms with Crippen molar-refractivity contribution < 1.29 is 20.1 Å². The van der Waals surface area contributed by atoms with Crippen molar-refractivity contribution in [3.8, 4) is 0 Å². The first-order chi connectivity index (χ1) is 5.07. The molecule has 3 N–H and O–H groups in total. The van der Waals surface area contributed by atoms with E-state index in [0.29, 0.717) is 6.42 Å². The van der Waals surface area contributed by atoms with Crippen LogP contribution in [-0.2, 0) is 4.74 Å². The largest absolute Gasteiger partial charge is 0.391 e. The lowest BCUT2D eigenvalue weighted by atomic mass is 10.2. The summed E-state index contributed by atoms with van der Waals surface area (Å²) in [7, 11) is 0. The molecule has 2 atom stereocenters. The fraction of sp³-hybridized carbons (Fsp3) is 1.00. The van der Waals surface area contributed by atoms with Gasteiger partial charge < -0.3 is 20.1 Å². The van der Waals surface area contributed by atoms with Crippen molar-refractivity contribution in [2.24, 2.45) is 0 Å². The molecule has 0 fully saturated rings. The van der Waals surface area contributed by atoms with Crippen molar-refractivity contribution in [3.05, 3.63) is 0 Å². The number of aliphatic hydroxyl groups is 3. The van der Waals surface area contributed by atoms with Crippen molar-refractivity contribution >= 4 is 0 Å². The molecule has 0 aromatic heterocycles. The standard InChI is InChI=1S/C7H16O4/c1-3-6(7(9)10)11-4-5(2)8/h5-10H,3-4H2,1-2H3. The third-order valence-corrected chi connectivity index (χ3v) is 1.29. The van der Waals surface area contributed by atoms with Gasteiger partial charge in [-0.05, 0) is 13.3 Å².